The summed E-state index contributed by atoms with van der Waals surface area (Å²) in [6.07, 6.45) is 0. The summed E-state index contributed by atoms with van der Waals surface area (Å²) in [5.41, 5.74) is 1.10. The molecular formula is C20H19BrN4O3S. The third-order valence-corrected chi connectivity index (χ3v) is 5.74. The summed E-state index contributed by atoms with van der Waals surface area (Å²) < 4.78 is 2.30. The molecule has 150 valence electrons. The molecule has 0 bridgehead atoms. The van der Waals surface area contributed by atoms with Crippen molar-refractivity contribution >= 4 is 56.1 Å². The van der Waals surface area contributed by atoms with Crippen LogP contribution in [0.4, 0.5) is 5.69 Å². The Morgan fingerprint density at radius 1 is 1.10 bits per heavy atom. The van der Waals surface area contributed by atoms with Gasteiger partial charge in [-0.05, 0) is 47.1 Å². The standard InChI is InChI=1S/C20H19BrN4O3S/c1-2-25-19(28)13-7-3-5-9-15(13)24-20(25)29-12-18(27)22-11-17(26)23-16-10-6-4-8-14(16)21/h3-10H,2,11-12H2,1H3,(H,22,27)(H,23,26). The van der Waals surface area contributed by atoms with E-state index in [0.29, 0.717) is 28.3 Å². The molecule has 2 N–H and O–H groups in total. The van der Waals surface area contributed by atoms with Crippen LogP contribution in [0.15, 0.2) is 63.0 Å². The summed E-state index contributed by atoms with van der Waals surface area (Å²) in [7, 11) is 0. The Bertz CT molecular complexity index is 1120. The number of nitrogens with zero attached hydrogens (tertiary/aromatic N) is 2. The van der Waals surface area contributed by atoms with Crippen molar-refractivity contribution in [1.29, 1.82) is 0 Å². The number of aromatic nitrogens is 2. The number of nitrogens with one attached hydrogen (secondary N) is 2. The van der Waals surface area contributed by atoms with Crippen molar-refractivity contribution in [3.05, 3.63) is 63.4 Å². The van der Waals surface area contributed by atoms with Gasteiger partial charge in [0.05, 0.1) is 28.9 Å². The Morgan fingerprint density at radius 2 is 1.83 bits per heavy atom. The van der Waals surface area contributed by atoms with Crippen molar-refractivity contribution in [2.75, 3.05) is 17.6 Å². The zero-order valence-electron chi connectivity index (χ0n) is 15.6. The Labute approximate surface area is 180 Å². The molecule has 29 heavy (non-hydrogen) atoms. The first-order valence-electron chi connectivity index (χ1n) is 8.93. The van der Waals surface area contributed by atoms with Crippen LogP contribution >= 0.6 is 27.7 Å². The van der Waals surface area contributed by atoms with Gasteiger partial charge in [-0.3, -0.25) is 19.0 Å². The maximum atomic E-state index is 12.6. The van der Waals surface area contributed by atoms with Crippen molar-refractivity contribution in [3.8, 4) is 0 Å². The van der Waals surface area contributed by atoms with Gasteiger partial charge in [0, 0.05) is 11.0 Å². The van der Waals surface area contributed by atoms with E-state index in [9.17, 15) is 14.4 Å². The monoisotopic (exact) mass is 474 g/mol. The van der Waals surface area contributed by atoms with E-state index in [1.165, 1.54) is 11.8 Å². The van der Waals surface area contributed by atoms with Crippen LogP contribution in [-0.4, -0.2) is 33.7 Å². The minimum absolute atomic E-state index is 0.0487. The van der Waals surface area contributed by atoms with Crippen LogP contribution in [0.25, 0.3) is 10.9 Å². The maximum Gasteiger partial charge on any atom is 0.262 e. The van der Waals surface area contributed by atoms with Crippen molar-refractivity contribution < 1.29 is 9.59 Å². The summed E-state index contributed by atoms with van der Waals surface area (Å²) in [5.74, 6) is -0.598. The van der Waals surface area contributed by atoms with Gasteiger partial charge in [0.2, 0.25) is 11.8 Å². The molecule has 0 saturated heterocycles. The van der Waals surface area contributed by atoms with Gasteiger partial charge in [-0.15, -0.1) is 0 Å². The maximum absolute atomic E-state index is 12.6. The number of anilines is 1. The second kappa shape index (κ2) is 9.71. The predicted molar refractivity (Wildman–Crippen MR) is 118 cm³/mol. The normalized spacial score (nSPS) is 10.7. The number of para-hydroxylation sites is 2. The number of carbonyl (C=O) groups excluding carboxylic acids is 2. The van der Waals surface area contributed by atoms with E-state index in [4.69, 9.17) is 0 Å². The molecule has 2 aromatic carbocycles. The number of fused-ring (bicyclic) bond motifs is 1. The lowest BCUT2D eigenvalue weighted by Crippen LogP contribution is -2.34. The molecule has 2 amide bonds. The molecule has 0 spiro atoms. The van der Waals surface area contributed by atoms with Gasteiger partial charge < -0.3 is 10.6 Å². The minimum atomic E-state index is -0.329. The second-order valence-corrected chi connectivity index (χ2v) is 7.85. The van der Waals surface area contributed by atoms with E-state index in [-0.39, 0.29) is 29.7 Å². The zero-order chi connectivity index (χ0) is 20.8. The topological polar surface area (TPSA) is 93.1 Å². The number of rotatable bonds is 7. The van der Waals surface area contributed by atoms with Gasteiger partial charge in [0.1, 0.15) is 0 Å². The summed E-state index contributed by atoms with van der Waals surface area (Å²) in [4.78, 5) is 41.3. The largest absolute Gasteiger partial charge is 0.346 e. The number of carbonyl (C=O) groups is 2. The van der Waals surface area contributed by atoms with Crippen LogP contribution < -0.4 is 16.2 Å². The molecule has 0 aliphatic heterocycles. The third-order valence-electron chi connectivity index (χ3n) is 4.07. The summed E-state index contributed by atoms with van der Waals surface area (Å²) >= 11 is 4.52. The lowest BCUT2D eigenvalue weighted by Gasteiger charge is -2.11. The van der Waals surface area contributed by atoms with Gasteiger partial charge in [-0.1, -0.05) is 36.0 Å². The Kier molecular flexibility index (Phi) is 7.05. The van der Waals surface area contributed by atoms with Gasteiger partial charge in [0.25, 0.3) is 5.56 Å². The average molecular weight is 475 g/mol. The molecule has 9 heteroatoms. The van der Waals surface area contributed by atoms with E-state index in [1.54, 1.807) is 34.9 Å². The zero-order valence-corrected chi connectivity index (χ0v) is 18.0. The number of hydrogen-bond donors (Lipinski definition) is 2. The molecule has 0 fully saturated rings. The quantitative estimate of drug-likeness (QED) is 0.405. The van der Waals surface area contributed by atoms with Crippen LogP contribution in [0.5, 0.6) is 0 Å². The van der Waals surface area contributed by atoms with E-state index >= 15 is 0 Å². The van der Waals surface area contributed by atoms with Crippen LogP contribution in [0.2, 0.25) is 0 Å². The number of benzene rings is 2. The molecular weight excluding hydrogens is 456 g/mol. The van der Waals surface area contributed by atoms with Gasteiger partial charge in [-0.25, -0.2) is 4.98 Å². The summed E-state index contributed by atoms with van der Waals surface area (Å²) in [6.45, 7) is 2.16. The highest BCUT2D eigenvalue weighted by molar-refractivity contribution is 9.10. The van der Waals surface area contributed by atoms with Gasteiger partial charge >= 0.3 is 0 Å². The second-order valence-electron chi connectivity index (χ2n) is 6.05. The van der Waals surface area contributed by atoms with Crippen molar-refractivity contribution in [2.24, 2.45) is 0 Å². The van der Waals surface area contributed by atoms with E-state index in [2.05, 4.69) is 31.5 Å². The molecule has 3 rings (SSSR count). The molecule has 0 saturated carbocycles. The van der Waals surface area contributed by atoms with Crippen molar-refractivity contribution in [3.63, 3.8) is 0 Å². The Balaban J connectivity index is 1.59. The van der Waals surface area contributed by atoms with E-state index in [1.807, 2.05) is 25.1 Å². The van der Waals surface area contributed by atoms with Crippen LogP contribution in [-0.2, 0) is 16.1 Å². The minimum Gasteiger partial charge on any atom is -0.346 e. The highest BCUT2D eigenvalue weighted by Gasteiger charge is 2.13. The number of amides is 2. The third kappa shape index (κ3) is 5.24. The molecule has 1 aromatic heterocycles. The highest BCUT2D eigenvalue weighted by atomic mass is 79.9. The van der Waals surface area contributed by atoms with E-state index in [0.717, 1.165) is 4.47 Å². The fourth-order valence-electron chi connectivity index (χ4n) is 2.65. The number of halogens is 1. The number of hydrogen-bond acceptors (Lipinski definition) is 5. The lowest BCUT2D eigenvalue weighted by molar-refractivity contribution is -0.122. The van der Waals surface area contributed by atoms with Crippen LogP contribution in [0.1, 0.15) is 6.92 Å². The smallest absolute Gasteiger partial charge is 0.262 e. The molecule has 0 radical (unpaired) electrons. The Hall–Kier alpha value is -2.65. The lowest BCUT2D eigenvalue weighted by atomic mass is 10.2. The van der Waals surface area contributed by atoms with Gasteiger partial charge in [0.15, 0.2) is 5.16 Å². The highest BCUT2D eigenvalue weighted by Crippen LogP contribution is 2.21. The number of thioether (sulfide) groups is 1. The fourth-order valence-corrected chi connectivity index (χ4v) is 3.93. The first-order chi connectivity index (χ1) is 14.0. The summed E-state index contributed by atoms with van der Waals surface area (Å²) in [6, 6.07) is 14.3. The Morgan fingerprint density at radius 3 is 2.59 bits per heavy atom. The molecule has 0 aliphatic rings. The SMILES string of the molecule is CCn1c(SCC(=O)NCC(=O)Nc2ccccc2Br)nc2ccccc2c1=O. The van der Waals surface area contributed by atoms with Crippen molar-refractivity contribution in [2.45, 2.75) is 18.6 Å². The molecule has 0 atom stereocenters. The summed E-state index contributed by atoms with van der Waals surface area (Å²) in [5, 5.41) is 6.32. The average Bonchev–Trinajstić information content (AvgIpc) is 2.72. The molecule has 1 heterocycles. The molecule has 3 aromatic rings. The van der Waals surface area contributed by atoms with Crippen molar-refractivity contribution in [1.82, 2.24) is 14.9 Å². The van der Waals surface area contributed by atoms with Gasteiger partial charge in [-0.2, -0.15) is 0 Å². The molecule has 0 aliphatic carbocycles. The van der Waals surface area contributed by atoms with E-state index < -0.39 is 0 Å². The first kappa shape index (κ1) is 21.1. The van der Waals surface area contributed by atoms with Crippen LogP contribution in [0, 0.1) is 0 Å². The molecule has 0 unspecified atom stereocenters. The fraction of sp³-hybridized carbons (Fsp3) is 0.200. The van der Waals surface area contributed by atoms with Crippen LogP contribution in [0.3, 0.4) is 0 Å². The first-order valence-corrected chi connectivity index (χ1v) is 10.7. The molecule has 7 nitrogen and oxygen atoms in total. The predicted octanol–water partition coefficient (Wildman–Crippen LogP) is 3.03.